The van der Waals surface area contributed by atoms with Crippen LogP contribution < -0.4 is 9.80 Å². The van der Waals surface area contributed by atoms with Crippen LogP contribution in [0.15, 0.2) is 239 Å². The van der Waals surface area contributed by atoms with E-state index in [0.717, 1.165) is 130 Å². The summed E-state index contributed by atoms with van der Waals surface area (Å²) in [4.78, 5) is 4.93. The lowest BCUT2D eigenvalue weighted by atomic mass is 9.77. The van der Waals surface area contributed by atoms with E-state index in [1.54, 1.807) is 0 Å². The Kier molecular flexibility index (Phi) is 11.5. The Balaban J connectivity index is 1.05. The van der Waals surface area contributed by atoms with Gasteiger partial charge in [-0.3, -0.25) is 0 Å². The lowest BCUT2D eigenvalue weighted by molar-refractivity contribution is 0.436. The summed E-state index contributed by atoms with van der Waals surface area (Å²) in [5.74, 6) is 0. The Morgan fingerprint density at radius 2 is 0.684 bits per heavy atom. The first-order valence-corrected chi connectivity index (χ1v) is 28.2. The van der Waals surface area contributed by atoms with E-state index in [1.165, 1.54) is 32.7 Å². The van der Waals surface area contributed by atoms with Gasteiger partial charge in [-0.25, -0.2) is 0 Å². The van der Waals surface area contributed by atoms with Crippen LogP contribution in [0.1, 0.15) is 71.9 Å². The third-order valence-corrected chi connectivity index (χ3v) is 17.9. The van der Waals surface area contributed by atoms with Crippen molar-refractivity contribution >= 4 is 110 Å². The van der Waals surface area contributed by atoms with Crippen molar-refractivity contribution in [3.05, 3.63) is 242 Å². The van der Waals surface area contributed by atoms with Crippen LogP contribution in [-0.2, 0) is 10.8 Å². The molecule has 0 aliphatic heterocycles. The van der Waals surface area contributed by atoms with Crippen molar-refractivity contribution in [1.82, 2.24) is 0 Å². The number of hydrogen-bond donors (Lipinski definition) is 0. The van der Waals surface area contributed by atoms with Crippen LogP contribution >= 0.6 is 0 Å². The van der Waals surface area contributed by atoms with Gasteiger partial charge < -0.3 is 18.6 Å². The summed E-state index contributed by atoms with van der Waals surface area (Å²) < 4.78 is 14.6. The largest absolute Gasteiger partial charge is 0.454 e. The Hall–Kier alpha value is -9.12. The predicted molar refractivity (Wildman–Crippen MR) is 336 cm³/mol. The average molecular weight is 1020 g/mol. The van der Waals surface area contributed by atoms with E-state index < -0.39 is 0 Å². The number of furan rings is 2. The van der Waals surface area contributed by atoms with Crippen molar-refractivity contribution in [1.29, 1.82) is 0 Å². The van der Waals surface area contributed by atoms with Crippen LogP contribution in [0, 0.1) is 0 Å². The molecule has 0 spiro atoms. The molecule has 4 heteroatoms. The van der Waals surface area contributed by atoms with Gasteiger partial charge in [0.05, 0.1) is 34.1 Å². The summed E-state index contributed by atoms with van der Waals surface area (Å²) in [6.07, 6.45) is 3.01. The summed E-state index contributed by atoms with van der Waals surface area (Å²) in [5.41, 5.74) is 16.8. The fraction of sp³-hybridized carbons (Fsp3) is 0.147. The summed E-state index contributed by atoms with van der Waals surface area (Å²) in [6, 6.07) is 84.5. The predicted octanol–water partition coefficient (Wildman–Crippen LogP) is 22.4. The second kappa shape index (κ2) is 18.8. The molecule has 0 N–H and O–H groups in total. The molecule has 0 fully saturated rings. The molecule has 14 aromatic rings. The summed E-state index contributed by atoms with van der Waals surface area (Å²) in [5, 5.41) is 11.6. The molecule has 0 saturated heterocycles. The highest BCUT2D eigenvalue weighted by molar-refractivity contribution is 6.29. The molecule has 0 bridgehead atoms. The molecule has 384 valence electrons. The molecule has 0 amide bonds. The minimum absolute atomic E-state index is 0.0365. The first-order valence-electron chi connectivity index (χ1n) is 28.2. The number of benzene rings is 12. The van der Waals surface area contributed by atoms with Crippen molar-refractivity contribution < 1.29 is 8.83 Å². The number of rotatable bonds is 13. The van der Waals surface area contributed by atoms with Gasteiger partial charge in [0, 0.05) is 54.6 Å². The number of fused-ring (bicyclic) bond motifs is 6. The Labute approximate surface area is 462 Å². The van der Waals surface area contributed by atoms with E-state index in [2.05, 4.69) is 282 Å². The van der Waals surface area contributed by atoms with Crippen LogP contribution in [0.5, 0.6) is 0 Å². The van der Waals surface area contributed by atoms with Gasteiger partial charge in [0.25, 0.3) is 0 Å². The van der Waals surface area contributed by atoms with Crippen molar-refractivity contribution in [3.8, 4) is 22.3 Å². The van der Waals surface area contributed by atoms with Gasteiger partial charge in [-0.05, 0) is 99.2 Å². The topological polar surface area (TPSA) is 32.8 Å². The minimum atomic E-state index is -0.0786. The molecule has 0 radical (unpaired) electrons. The molecule has 0 saturated carbocycles. The zero-order valence-electron chi connectivity index (χ0n) is 45.8. The highest BCUT2D eigenvalue weighted by Crippen LogP contribution is 2.53. The number of nitrogens with zero attached hydrogens (tertiary/aromatic N) is 2. The maximum Gasteiger partial charge on any atom is 0.159 e. The second-order valence-electron chi connectivity index (χ2n) is 22.4. The third-order valence-electron chi connectivity index (χ3n) is 17.9. The number of hydrogen-bond acceptors (Lipinski definition) is 4. The number of para-hydroxylation sites is 6. The molecule has 0 aliphatic carbocycles. The lowest BCUT2D eigenvalue weighted by Crippen LogP contribution is -2.19. The van der Waals surface area contributed by atoms with E-state index in [-0.39, 0.29) is 10.8 Å². The molecule has 0 unspecified atom stereocenters. The van der Waals surface area contributed by atoms with Crippen LogP contribution in [0.2, 0.25) is 0 Å². The highest BCUT2D eigenvalue weighted by Gasteiger charge is 2.31. The summed E-state index contributed by atoms with van der Waals surface area (Å²) in [6.45, 7) is 13.9. The van der Waals surface area contributed by atoms with E-state index in [9.17, 15) is 0 Å². The fourth-order valence-electron chi connectivity index (χ4n) is 12.8. The Morgan fingerprint density at radius 3 is 1.14 bits per heavy atom. The van der Waals surface area contributed by atoms with Gasteiger partial charge in [0.2, 0.25) is 0 Å². The maximum absolute atomic E-state index is 7.35. The van der Waals surface area contributed by atoms with Crippen LogP contribution in [0.25, 0.3) is 98.4 Å². The Morgan fingerprint density at radius 1 is 0.304 bits per heavy atom. The van der Waals surface area contributed by atoms with Crippen molar-refractivity contribution in [2.24, 2.45) is 0 Å². The highest BCUT2D eigenvalue weighted by atomic mass is 16.3. The zero-order chi connectivity index (χ0) is 53.6. The summed E-state index contributed by atoms with van der Waals surface area (Å²) >= 11 is 0. The van der Waals surface area contributed by atoms with Gasteiger partial charge in [-0.1, -0.05) is 236 Å². The molecule has 79 heavy (non-hydrogen) atoms. The maximum atomic E-state index is 7.35. The molecular formula is C75H62N2O2. The van der Waals surface area contributed by atoms with Gasteiger partial charge in [-0.15, -0.1) is 0 Å². The van der Waals surface area contributed by atoms with Crippen LogP contribution in [0.4, 0.5) is 34.1 Å². The molecule has 4 nitrogen and oxygen atoms in total. The van der Waals surface area contributed by atoms with E-state index in [1.807, 2.05) is 0 Å². The van der Waals surface area contributed by atoms with E-state index in [0.29, 0.717) is 0 Å². The summed E-state index contributed by atoms with van der Waals surface area (Å²) in [7, 11) is 0. The van der Waals surface area contributed by atoms with Gasteiger partial charge in [-0.2, -0.15) is 0 Å². The minimum Gasteiger partial charge on any atom is -0.454 e. The molecule has 2 heterocycles. The monoisotopic (exact) mass is 1020 g/mol. The lowest BCUT2D eigenvalue weighted by Gasteiger charge is -2.31. The van der Waals surface area contributed by atoms with Gasteiger partial charge in [0.1, 0.15) is 11.2 Å². The average Bonchev–Trinajstić information content (AvgIpc) is 4.19. The standard InChI is InChI=1S/C75H62N2O2/c1-7-74(4,5)60-34-20-30-54-56-32-22-38-66(72(56)78-70(54)60)76(62-36-18-16-28-52(62)48-24-12-10-13-25-48)64-46-42-50-41-45-59-65(47-43-51-40-44-58(64)68(50)69(51)59)77(63-37-19-17-29-53(63)49-26-14-11-15-27-49)67-39-23-33-57-55-31-21-35-61(71(55)79-73(57)67)75(6,8-2)9-3/h10-47H,7-9H2,1-6H3. The SMILES string of the molecule is CCC(C)(C)c1cccc2c1oc1c(N(c3ccccc3-c3ccccc3)c3ccc4ccc5c(N(c6ccccc6-c6ccccc6)c6cccc7c6oc6c(C(C)(CC)CC)cccc67)ccc6ccc3c4c65)cccc12. The normalized spacial score (nSPS) is 12.3. The van der Waals surface area contributed by atoms with Crippen molar-refractivity contribution in [2.45, 2.75) is 71.6 Å². The van der Waals surface area contributed by atoms with Crippen LogP contribution in [0.3, 0.4) is 0 Å². The van der Waals surface area contributed by atoms with E-state index >= 15 is 0 Å². The molecule has 0 atom stereocenters. The third kappa shape index (κ3) is 7.56. The zero-order valence-corrected chi connectivity index (χ0v) is 45.8. The fourth-order valence-corrected chi connectivity index (χ4v) is 12.8. The molecule has 14 rings (SSSR count). The van der Waals surface area contributed by atoms with Crippen molar-refractivity contribution in [3.63, 3.8) is 0 Å². The van der Waals surface area contributed by atoms with Gasteiger partial charge >= 0.3 is 0 Å². The second-order valence-corrected chi connectivity index (χ2v) is 22.4. The molecular weight excluding hydrogens is 961 g/mol. The molecule has 0 aliphatic rings. The number of anilines is 6. The van der Waals surface area contributed by atoms with Gasteiger partial charge in [0.15, 0.2) is 11.2 Å². The van der Waals surface area contributed by atoms with Crippen LogP contribution in [-0.4, -0.2) is 0 Å². The molecule has 2 aromatic heterocycles. The first-order chi connectivity index (χ1) is 38.7. The van der Waals surface area contributed by atoms with E-state index in [4.69, 9.17) is 8.83 Å². The van der Waals surface area contributed by atoms with Crippen molar-refractivity contribution in [2.75, 3.05) is 9.80 Å². The first kappa shape index (κ1) is 48.3. The smallest absolute Gasteiger partial charge is 0.159 e. The Bertz CT molecular complexity index is 4620. The molecule has 12 aromatic carbocycles. The quantitative estimate of drug-likeness (QED) is 0.108.